The topological polar surface area (TPSA) is 128 Å². The molecule has 2 aromatic carbocycles. The van der Waals surface area contributed by atoms with Gasteiger partial charge in [0.05, 0.1) is 11.8 Å². The molecule has 3 heterocycles. The third kappa shape index (κ3) is 2.37. The number of pyridine rings is 1. The number of nitrogens with zero attached hydrogens (tertiary/aromatic N) is 3. The Morgan fingerprint density at radius 1 is 1.20 bits per heavy atom. The van der Waals surface area contributed by atoms with Crippen molar-refractivity contribution < 1.29 is 9.84 Å². The second kappa shape index (κ2) is 6.36. The highest BCUT2D eigenvalue weighted by Crippen LogP contribution is 2.58. The van der Waals surface area contributed by atoms with Crippen LogP contribution in [0.2, 0.25) is 5.02 Å². The molecular formula is C22H14ClN5O2. The summed E-state index contributed by atoms with van der Waals surface area (Å²) in [6, 6.07) is 18.2. The van der Waals surface area contributed by atoms with Gasteiger partial charge in [-0.1, -0.05) is 41.9 Å². The second-order valence-electron chi connectivity index (χ2n) is 7.20. The molecule has 8 heteroatoms. The van der Waals surface area contributed by atoms with Crippen LogP contribution in [0.25, 0.3) is 0 Å². The fourth-order valence-corrected chi connectivity index (χ4v) is 4.47. The fraction of sp³-hybridized carbons (Fsp3) is 0.136. The van der Waals surface area contributed by atoms with Gasteiger partial charge in [-0.25, -0.2) is 0 Å². The second-order valence-corrected chi connectivity index (χ2v) is 7.64. The van der Waals surface area contributed by atoms with E-state index in [1.807, 2.05) is 6.07 Å². The molecule has 0 radical (unpaired) electrons. The zero-order chi connectivity index (χ0) is 21.0. The van der Waals surface area contributed by atoms with Gasteiger partial charge in [-0.05, 0) is 18.2 Å². The average Bonchev–Trinajstić information content (AvgIpc) is 2.74. The van der Waals surface area contributed by atoms with E-state index in [1.165, 1.54) is 0 Å². The highest BCUT2D eigenvalue weighted by molar-refractivity contribution is 6.30. The van der Waals surface area contributed by atoms with Gasteiger partial charge in [-0.15, -0.1) is 0 Å². The lowest BCUT2D eigenvalue weighted by Crippen LogP contribution is -2.49. The predicted octanol–water partition coefficient (Wildman–Crippen LogP) is 3.84. The largest absolute Gasteiger partial charge is 0.438 e. The smallest absolute Gasteiger partial charge is 0.227 e. The number of aliphatic hydroxyl groups is 1. The van der Waals surface area contributed by atoms with Gasteiger partial charge in [0.15, 0.2) is 5.72 Å². The van der Waals surface area contributed by atoms with Crippen molar-refractivity contribution in [3.05, 3.63) is 75.8 Å². The molecule has 0 amide bonds. The summed E-state index contributed by atoms with van der Waals surface area (Å²) < 4.78 is 5.94. The molecule has 0 unspecified atom stereocenters. The number of nitriles is 2. The Bertz CT molecular complexity index is 1280. The Balaban J connectivity index is 1.87. The summed E-state index contributed by atoms with van der Waals surface area (Å²) >= 11 is 6.24. The van der Waals surface area contributed by atoms with Crippen LogP contribution in [0.5, 0.6) is 11.6 Å². The molecule has 4 N–H and O–H groups in total. The summed E-state index contributed by atoms with van der Waals surface area (Å²) in [6.07, 6.45) is 0. The van der Waals surface area contributed by atoms with Crippen molar-refractivity contribution in [2.75, 3.05) is 11.1 Å². The number of hydrogen-bond acceptors (Lipinski definition) is 7. The van der Waals surface area contributed by atoms with E-state index in [1.54, 1.807) is 42.5 Å². The monoisotopic (exact) mass is 415 g/mol. The predicted molar refractivity (Wildman–Crippen MR) is 110 cm³/mol. The van der Waals surface area contributed by atoms with Gasteiger partial charge in [-0.3, -0.25) is 0 Å². The molecule has 3 atom stereocenters. The Hall–Kier alpha value is -3.78. The summed E-state index contributed by atoms with van der Waals surface area (Å²) in [5.41, 5.74) is 6.23. The minimum Gasteiger partial charge on any atom is -0.438 e. The number of nitrogen functional groups attached to an aromatic ring is 1. The standard InChI is InChI=1S/C22H14ClN5O2/c23-12-6-7-16-13(8-12)17-15(10-25)22(29,11-4-2-1-3-5-11)28-19-14(9-24)20(26)27-21(30-16)18(17)19/h1-8,15,17,28-29H,(H2,26,27)/t15-,17-,22-/m0/s1. The molecule has 30 heavy (non-hydrogen) atoms. The number of ether oxygens (including phenoxy) is 1. The Kier molecular flexibility index (Phi) is 3.87. The van der Waals surface area contributed by atoms with Crippen molar-refractivity contribution in [3.63, 3.8) is 0 Å². The number of anilines is 2. The molecule has 2 aliphatic heterocycles. The molecule has 1 aromatic heterocycles. The summed E-state index contributed by atoms with van der Waals surface area (Å²) in [7, 11) is 0. The number of rotatable bonds is 1. The molecule has 0 spiro atoms. The molecule has 146 valence electrons. The van der Waals surface area contributed by atoms with Gasteiger partial charge in [0.2, 0.25) is 5.88 Å². The first kappa shape index (κ1) is 18.3. The van der Waals surface area contributed by atoms with Crippen LogP contribution in [0.1, 0.15) is 28.2 Å². The number of hydrogen-bond donors (Lipinski definition) is 3. The van der Waals surface area contributed by atoms with Crippen LogP contribution < -0.4 is 15.8 Å². The van der Waals surface area contributed by atoms with Crippen molar-refractivity contribution in [2.24, 2.45) is 5.92 Å². The Morgan fingerprint density at radius 3 is 2.67 bits per heavy atom. The first-order valence-corrected chi connectivity index (χ1v) is 9.52. The Labute approximate surface area is 176 Å². The molecular weight excluding hydrogens is 402 g/mol. The molecule has 3 aromatic rings. The van der Waals surface area contributed by atoms with Crippen molar-refractivity contribution in [1.82, 2.24) is 4.98 Å². The number of aromatic nitrogens is 1. The molecule has 5 rings (SSSR count). The Morgan fingerprint density at radius 2 is 1.97 bits per heavy atom. The van der Waals surface area contributed by atoms with Gasteiger partial charge in [0.25, 0.3) is 0 Å². The number of nitrogens with one attached hydrogen (secondary N) is 1. The molecule has 0 fully saturated rings. The van der Waals surface area contributed by atoms with E-state index in [0.717, 1.165) is 0 Å². The minimum atomic E-state index is -1.79. The van der Waals surface area contributed by atoms with Crippen LogP contribution in [0, 0.1) is 28.6 Å². The van der Waals surface area contributed by atoms with Crippen LogP contribution in [0.15, 0.2) is 48.5 Å². The number of halogens is 1. The zero-order valence-corrected chi connectivity index (χ0v) is 16.2. The average molecular weight is 416 g/mol. The lowest BCUT2D eigenvalue weighted by atomic mass is 9.69. The van der Waals surface area contributed by atoms with Gasteiger partial charge in [0.1, 0.15) is 29.1 Å². The third-order valence-corrected chi connectivity index (χ3v) is 5.85. The maximum Gasteiger partial charge on any atom is 0.227 e. The zero-order valence-electron chi connectivity index (χ0n) is 15.4. The van der Waals surface area contributed by atoms with Crippen molar-refractivity contribution >= 4 is 23.1 Å². The SMILES string of the molecule is N#Cc1c(N)nc2c3c1N[C@](O)(c1ccccc1)[C@@H](C#N)[C@@H]3c1cc(Cl)ccc1O2. The molecule has 0 bridgehead atoms. The van der Waals surface area contributed by atoms with Gasteiger partial charge in [-0.2, -0.15) is 15.5 Å². The van der Waals surface area contributed by atoms with E-state index in [4.69, 9.17) is 22.1 Å². The third-order valence-electron chi connectivity index (χ3n) is 5.62. The summed E-state index contributed by atoms with van der Waals surface area (Å²) in [5, 5.41) is 35.2. The van der Waals surface area contributed by atoms with E-state index in [9.17, 15) is 15.6 Å². The van der Waals surface area contributed by atoms with Crippen molar-refractivity contribution in [2.45, 2.75) is 11.6 Å². The summed E-state index contributed by atoms with van der Waals surface area (Å²) in [5.74, 6) is -0.972. The first-order valence-electron chi connectivity index (χ1n) is 9.14. The van der Waals surface area contributed by atoms with E-state index in [-0.39, 0.29) is 17.3 Å². The van der Waals surface area contributed by atoms with E-state index in [0.29, 0.717) is 33.1 Å². The number of nitrogens with two attached hydrogens (primary N) is 1. The van der Waals surface area contributed by atoms with E-state index in [2.05, 4.69) is 22.4 Å². The maximum atomic E-state index is 11.8. The molecule has 0 saturated carbocycles. The van der Waals surface area contributed by atoms with Crippen molar-refractivity contribution in [1.29, 1.82) is 10.5 Å². The quantitative estimate of drug-likeness (QED) is 0.550. The van der Waals surface area contributed by atoms with E-state index >= 15 is 0 Å². The van der Waals surface area contributed by atoms with Crippen LogP contribution in [-0.2, 0) is 5.72 Å². The fourth-order valence-electron chi connectivity index (χ4n) is 4.29. The van der Waals surface area contributed by atoms with Crippen LogP contribution in [0.4, 0.5) is 11.5 Å². The van der Waals surface area contributed by atoms with Crippen LogP contribution in [0.3, 0.4) is 0 Å². The lowest BCUT2D eigenvalue weighted by Gasteiger charge is -2.46. The maximum absolute atomic E-state index is 11.8. The lowest BCUT2D eigenvalue weighted by molar-refractivity contribution is 0.0138. The highest BCUT2D eigenvalue weighted by Gasteiger charge is 2.53. The van der Waals surface area contributed by atoms with Crippen LogP contribution in [-0.4, -0.2) is 10.1 Å². The van der Waals surface area contributed by atoms with Gasteiger partial charge >= 0.3 is 0 Å². The molecule has 2 aliphatic rings. The molecule has 0 aliphatic carbocycles. The first-order chi connectivity index (χ1) is 14.5. The van der Waals surface area contributed by atoms with Gasteiger partial charge in [0, 0.05) is 27.6 Å². The molecule has 0 saturated heterocycles. The summed E-state index contributed by atoms with van der Waals surface area (Å²) in [4.78, 5) is 4.26. The van der Waals surface area contributed by atoms with Gasteiger partial charge < -0.3 is 20.9 Å². The van der Waals surface area contributed by atoms with Crippen molar-refractivity contribution in [3.8, 4) is 23.8 Å². The number of benzene rings is 2. The van der Waals surface area contributed by atoms with E-state index < -0.39 is 17.6 Å². The minimum absolute atomic E-state index is 0.0271. The van der Waals surface area contributed by atoms with Crippen LogP contribution >= 0.6 is 11.6 Å². The number of fused-ring (bicyclic) bond motifs is 2. The molecule has 7 nitrogen and oxygen atoms in total. The highest BCUT2D eigenvalue weighted by atomic mass is 35.5. The normalized spacial score (nSPS) is 23.1. The summed E-state index contributed by atoms with van der Waals surface area (Å²) in [6.45, 7) is 0.